The lowest BCUT2D eigenvalue weighted by atomic mass is 9.90. The van der Waals surface area contributed by atoms with Crippen LogP contribution < -0.4 is 9.88 Å². The summed E-state index contributed by atoms with van der Waals surface area (Å²) in [5, 5.41) is 13.7. The highest BCUT2D eigenvalue weighted by atomic mass is 35.5. The van der Waals surface area contributed by atoms with E-state index in [0.29, 0.717) is 5.15 Å². The summed E-state index contributed by atoms with van der Waals surface area (Å²) in [4.78, 5) is 7.22. The van der Waals surface area contributed by atoms with Crippen molar-refractivity contribution >= 4 is 49.2 Å². The SMILES string of the molecule is Clc1nnnc2c1sc1[nH+]c(N3CCOCC3)c3c(c12)CCCC3. The van der Waals surface area contributed by atoms with E-state index >= 15 is 0 Å². The first-order valence-corrected chi connectivity index (χ1v) is 9.53. The standard InChI is InChI=1S/C16H16ClN5OS/c17-14-13-12(19-21-20-14)11-9-3-1-2-4-10(9)15(18-16(11)24-13)22-5-7-23-8-6-22/h1-8H2/p+1. The van der Waals surface area contributed by atoms with Crippen molar-refractivity contribution in [3.8, 4) is 0 Å². The van der Waals surface area contributed by atoms with Gasteiger partial charge in [0, 0.05) is 5.56 Å². The van der Waals surface area contributed by atoms with Gasteiger partial charge in [-0.1, -0.05) is 22.9 Å². The van der Waals surface area contributed by atoms with Crippen LogP contribution in [0.2, 0.25) is 5.15 Å². The number of hydrogen-bond donors (Lipinski definition) is 0. The maximum atomic E-state index is 6.26. The number of ether oxygens (including phenoxy) is 1. The molecular formula is C16H17ClN5OS+. The van der Waals surface area contributed by atoms with Crippen LogP contribution in [0.15, 0.2) is 0 Å². The number of H-pyrrole nitrogens is 1. The topological polar surface area (TPSA) is 65.3 Å². The number of morpholine rings is 1. The number of nitrogens with zero attached hydrogens (tertiary/aromatic N) is 4. The molecule has 5 rings (SSSR count). The number of pyridine rings is 1. The Kier molecular flexibility index (Phi) is 3.53. The van der Waals surface area contributed by atoms with Crippen molar-refractivity contribution in [1.29, 1.82) is 0 Å². The maximum Gasteiger partial charge on any atom is 0.279 e. The Balaban J connectivity index is 1.82. The molecule has 0 atom stereocenters. The molecule has 1 aliphatic carbocycles. The Morgan fingerprint density at radius 2 is 1.88 bits per heavy atom. The molecule has 0 aromatic carbocycles. The van der Waals surface area contributed by atoms with Crippen molar-refractivity contribution in [3.63, 3.8) is 0 Å². The van der Waals surface area contributed by atoms with Gasteiger partial charge in [-0.05, 0) is 36.5 Å². The zero-order valence-corrected chi connectivity index (χ0v) is 14.7. The quantitative estimate of drug-likeness (QED) is 0.665. The summed E-state index contributed by atoms with van der Waals surface area (Å²) in [6.45, 7) is 3.44. The molecule has 0 radical (unpaired) electrons. The second-order valence-corrected chi connectivity index (χ2v) is 7.68. The number of nitrogens with one attached hydrogen (secondary N) is 1. The molecule has 0 spiro atoms. The van der Waals surface area contributed by atoms with Crippen LogP contribution in [0.4, 0.5) is 5.82 Å². The van der Waals surface area contributed by atoms with Crippen LogP contribution in [0.25, 0.3) is 20.4 Å². The van der Waals surface area contributed by atoms with Crippen molar-refractivity contribution in [1.82, 2.24) is 15.4 Å². The van der Waals surface area contributed by atoms with Crippen molar-refractivity contribution in [3.05, 3.63) is 16.3 Å². The van der Waals surface area contributed by atoms with Gasteiger partial charge in [0.2, 0.25) is 0 Å². The molecule has 0 amide bonds. The molecule has 2 aliphatic rings. The summed E-state index contributed by atoms with van der Waals surface area (Å²) in [5.41, 5.74) is 3.74. The highest BCUT2D eigenvalue weighted by Gasteiger charge is 2.30. The molecule has 0 unspecified atom stereocenters. The maximum absolute atomic E-state index is 6.26. The van der Waals surface area contributed by atoms with Crippen LogP contribution in [0, 0.1) is 0 Å². The van der Waals surface area contributed by atoms with Gasteiger partial charge in [-0.15, -0.1) is 10.2 Å². The van der Waals surface area contributed by atoms with Gasteiger partial charge >= 0.3 is 0 Å². The highest BCUT2D eigenvalue weighted by molar-refractivity contribution is 7.25. The van der Waals surface area contributed by atoms with E-state index < -0.39 is 0 Å². The van der Waals surface area contributed by atoms with Crippen LogP contribution in [0.5, 0.6) is 0 Å². The van der Waals surface area contributed by atoms with Gasteiger partial charge in [0.25, 0.3) is 5.82 Å². The van der Waals surface area contributed by atoms with Gasteiger partial charge in [0.1, 0.15) is 18.6 Å². The van der Waals surface area contributed by atoms with Crippen molar-refractivity contribution in [2.24, 2.45) is 0 Å². The first kappa shape index (κ1) is 14.7. The van der Waals surface area contributed by atoms with Gasteiger partial charge in [0.05, 0.1) is 23.3 Å². The first-order chi connectivity index (χ1) is 11.8. The molecule has 3 aromatic rings. The van der Waals surface area contributed by atoms with Gasteiger partial charge in [0.15, 0.2) is 9.98 Å². The normalized spacial score (nSPS) is 18.3. The van der Waals surface area contributed by atoms with E-state index in [0.717, 1.165) is 54.2 Å². The van der Waals surface area contributed by atoms with Crippen molar-refractivity contribution in [2.75, 3.05) is 31.2 Å². The molecule has 1 N–H and O–H groups in total. The van der Waals surface area contributed by atoms with Gasteiger partial charge in [-0.3, -0.25) is 4.90 Å². The number of fused-ring (bicyclic) bond motifs is 5. The first-order valence-electron chi connectivity index (χ1n) is 8.33. The molecule has 6 nitrogen and oxygen atoms in total. The Labute approximate surface area is 147 Å². The lowest BCUT2D eigenvalue weighted by molar-refractivity contribution is -0.328. The predicted molar refractivity (Wildman–Crippen MR) is 94.0 cm³/mol. The van der Waals surface area contributed by atoms with Crippen LogP contribution in [-0.4, -0.2) is 41.7 Å². The minimum Gasteiger partial charge on any atom is -0.373 e. The smallest absolute Gasteiger partial charge is 0.279 e. The van der Waals surface area contributed by atoms with Crippen LogP contribution in [0.3, 0.4) is 0 Å². The van der Waals surface area contributed by atoms with E-state index in [9.17, 15) is 0 Å². The van der Waals surface area contributed by atoms with Crippen LogP contribution in [0.1, 0.15) is 24.0 Å². The number of aromatic amines is 1. The van der Waals surface area contributed by atoms with E-state index in [4.69, 9.17) is 16.3 Å². The molecule has 1 saturated heterocycles. The fourth-order valence-electron chi connectivity index (χ4n) is 3.86. The summed E-state index contributed by atoms with van der Waals surface area (Å²) in [7, 11) is 0. The molecule has 1 fully saturated rings. The predicted octanol–water partition coefficient (Wildman–Crippen LogP) is 2.42. The van der Waals surface area contributed by atoms with E-state index in [-0.39, 0.29) is 0 Å². The number of rotatable bonds is 1. The Morgan fingerprint density at radius 1 is 1.08 bits per heavy atom. The minimum absolute atomic E-state index is 0.437. The Bertz CT molecular complexity index is 937. The third kappa shape index (κ3) is 2.18. The molecule has 0 saturated carbocycles. The summed E-state index contributed by atoms with van der Waals surface area (Å²) in [5.74, 6) is 1.25. The lowest BCUT2D eigenvalue weighted by Crippen LogP contribution is -2.40. The fourth-order valence-corrected chi connectivity index (χ4v) is 5.14. The molecule has 3 aromatic heterocycles. The summed E-state index contributed by atoms with van der Waals surface area (Å²) >= 11 is 7.89. The molecule has 24 heavy (non-hydrogen) atoms. The fraction of sp³-hybridized carbons (Fsp3) is 0.500. The second kappa shape index (κ2) is 5.75. The zero-order chi connectivity index (χ0) is 16.1. The zero-order valence-electron chi connectivity index (χ0n) is 13.1. The largest absolute Gasteiger partial charge is 0.373 e. The van der Waals surface area contributed by atoms with Crippen LogP contribution >= 0.6 is 22.9 Å². The van der Waals surface area contributed by atoms with E-state index in [1.165, 1.54) is 35.2 Å². The third-order valence-electron chi connectivity index (χ3n) is 4.96. The average molecular weight is 363 g/mol. The summed E-state index contributed by atoms with van der Waals surface area (Å²) in [6, 6.07) is 0. The summed E-state index contributed by atoms with van der Waals surface area (Å²) in [6.07, 6.45) is 4.65. The minimum atomic E-state index is 0.437. The number of hydrogen-bond acceptors (Lipinski definition) is 6. The van der Waals surface area contributed by atoms with E-state index in [1.54, 1.807) is 11.3 Å². The van der Waals surface area contributed by atoms with E-state index in [1.807, 2.05) is 0 Å². The van der Waals surface area contributed by atoms with Crippen LogP contribution in [-0.2, 0) is 17.6 Å². The Morgan fingerprint density at radius 3 is 2.71 bits per heavy atom. The molecule has 8 heteroatoms. The number of aromatic nitrogens is 4. The lowest BCUT2D eigenvalue weighted by Gasteiger charge is -2.25. The van der Waals surface area contributed by atoms with Gasteiger partial charge < -0.3 is 4.74 Å². The van der Waals surface area contributed by atoms with Gasteiger partial charge in [-0.2, -0.15) is 0 Å². The summed E-state index contributed by atoms with van der Waals surface area (Å²) < 4.78 is 6.44. The van der Waals surface area contributed by atoms with E-state index in [2.05, 4.69) is 25.3 Å². The Hall–Kier alpha value is -1.57. The highest BCUT2D eigenvalue weighted by Crippen LogP contribution is 2.40. The number of halogens is 1. The number of anilines is 1. The number of aryl methyl sites for hydroxylation is 1. The van der Waals surface area contributed by atoms with Crippen molar-refractivity contribution < 1.29 is 9.72 Å². The molecule has 1 aliphatic heterocycles. The van der Waals surface area contributed by atoms with Gasteiger partial charge in [-0.25, -0.2) is 4.98 Å². The second-order valence-electron chi connectivity index (χ2n) is 6.30. The molecule has 0 bridgehead atoms. The molecular weight excluding hydrogens is 346 g/mol. The monoisotopic (exact) mass is 362 g/mol. The number of thiophene rings is 1. The third-order valence-corrected chi connectivity index (χ3v) is 6.44. The molecule has 124 valence electrons. The van der Waals surface area contributed by atoms with Crippen molar-refractivity contribution in [2.45, 2.75) is 25.7 Å². The average Bonchev–Trinajstić information content (AvgIpc) is 3.02. The molecule has 4 heterocycles.